The molecule has 0 amide bonds. The molecule has 0 saturated heterocycles. The highest BCUT2D eigenvalue weighted by Crippen LogP contribution is 2.56. The van der Waals surface area contributed by atoms with Gasteiger partial charge in [0.15, 0.2) is 0 Å². The fourth-order valence-electron chi connectivity index (χ4n) is 1.51. The summed E-state index contributed by atoms with van der Waals surface area (Å²) in [6, 6.07) is 2.45. The Kier molecular flexibility index (Phi) is 2.49. The van der Waals surface area contributed by atoms with Crippen LogP contribution in [0.1, 0.15) is 33.6 Å². The SMILES string of the molecule is CCC1CC1(C#N)SC(C)C. The first-order valence-corrected chi connectivity index (χ1v) is 5.11. The number of nitrogens with zero attached hydrogens (tertiary/aromatic N) is 1. The molecule has 1 nitrogen and oxygen atoms in total. The van der Waals surface area contributed by atoms with E-state index in [-0.39, 0.29) is 4.75 Å². The van der Waals surface area contributed by atoms with Gasteiger partial charge in [0, 0.05) is 5.25 Å². The number of nitriles is 1. The summed E-state index contributed by atoms with van der Waals surface area (Å²) in [5, 5.41) is 9.53. The van der Waals surface area contributed by atoms with E-state index in [4.69, 9.17) is 5.26 Å². The van der Waals surface area contributed by atoms with Crippen molar-refractivity contribution in [3.63, 3.8) is 0 Å². The van der Waals surface area contributed by atoms with Crippen molar-refractivity contribution in [1.29, 1.82) is 5.26 Å². The average molecular weight is 169 g/mol. The number of hydrogen-bond acceptors (Lipinski definition) is 2. The van der Waals surface area contributed by atoms with Crippen LogP contribution >= 0.6 is 11.8 Å². The Hall–Kier alpha value is -0.160. The van der Waals surface area contributed by atoms with Crippen LogP contribution in [-0.2, 0) is 0 Å². The van der Waals surface area contributed by atoms with E-state index in [1.54, 1.807) is 0 Å². The Bertz CT molecular complexity index is 182. The Morgan fingerprint density at radius 2 is 2.36 bits per heavy atom. The van der Waals surface area contributed by atoms with E-state index in [0.717, 1.165) is 12.8 Å². The lowest BCUT2D eigenvalue weighted by Gasteiger charge is -2.09. The van der Waals surface area contributed by atoms with Crippen LogP contribution in [0.25, 0.3) is 0 Å². The van der Waals surface area contributed by atoms with E-state index < -0.39 is 0 Å². The minimum Gasteiger partial charge on any atom is -0.197 e. The van der Waals surface area contributed by atoms with Gasteiger partial charge in [0.05, 0.1) is 6.07 Å². The molecule has 0 aliphatic heterocycles. The molecule has 0 bridgehead atoms. The summed E-state index contributed by atoms with van der Waals surface area (Å²) in [5.41, 5.74) is 0. The topological polar surface area (TPSA) is 23.8 Å². The maximum absolute atomic E-state index is 8.94. The molecular formula is C9H15NS. The van der Waals surface area contributed by atoms with Crippen molar-refractivity contribution in [3.05, 3.63) is 0 Å². The van der Waals surface area contributed by atoms with Crippen LogP contribution in [0.4, 0.5) is 0 Å². The molecule has 0 heterocycles. The standard InChI is InChI=1S/C9H15NS/c1-4-8-5-9(8,6-10)11-7(2)3/h7-8H,4-5H2,1-3H3. The van der Waals surface area contributed by atoms with E-state index >= 15 is 0 Å². The quantitative estimate of drug-likeness (QED) is 0.648. The fourth-order valence-corrected chi connectivity index (χ4v) is 3.06. The Labute approximate surface area is 73.2 Å². The first-order chi connectivity index (χ1) is 5.14. The van der Waals surface area contributed by atoms with Crippen LogP contribution in [0.5, 0.6) is 0 Å². The molecule has 0 aromatic carbocycles. The van der Waals surface area contributed by atoms with Crippen LogP contribution < -0.4 is 0 Å². The monoisotopic (exact) mass is 169 g/mol. The van der Waals surface area contributed by atoms with Gasteiger partial charge >= 0.3 is 0 Å². The molecule has 2 unspecified atom stereocenters. The van der Waals surface area contributed by atoms with Crippen molar-refractivity contribution in [2.45, 2.75) is 43.6 Å². The molecule has 1 saturated carbocycles. The van der Waals surface area contributed by atoms with E-state index in [1.807, 2.05) is 11.8 Å². The highest BCUT2D eigenvalue weighted by molar-refractivity contribution is 8.01. The molecule has 1 aliphatic rings. The molecule has 2 heteroatoms. The first kappa shape index (κ1) is 8.93. The Morgan fingerprint density at radius 3 is 2.64 bits per heavy atom. The fraction of sp³-hybridized carbons (Fsp3) is 0.889. The lowest BCUT2D eigenvalue weighted by atomic mass is 10.3. The van der Waals surface area contributed by atoms with Gasteiger partial charge in [0.25, 0.3) is 0 Å². The average Bonchev–Trinajstić information content (AvgIpc) is 2.62. The van der Waals surface area contributed by atoms with E-state index in [2.05, 4.69) is 26.8 Å². The van der Waals surface area contributed by atoms with Gasteiger partial charge in [-0.2, -0.15) is 5.26 Å². The normalized spacial score (nSPS) is 35.4. The molecule has 0 aromatic heterocycles. The molecule has 2 atom stereocenters. The third kappa shape index (κ3) is 1.70. The maximum atomic E-state index is 8.94. The maximum Gasteiger partial charge on any atom is 0.106 e. The third-order valence-corrected chi connectivity index (χ3v) is 3.66. The van der Waals surface area contributed by atoms with Gasteiger partial charge in [0.1, 0.15) is 4.75 Å². The first-order valence-electron chi connectivity index (χ1n) is 4.23. The van der Waals surface area contributed by atoms with Crippen molar-refractivity contribution in [1.82, 2.24) is 0 Å². The second kappa shape index (κ2) is 3.06. The van der Waals surface area contributed by atoms with Gasteiger partial charge in [-0.15, -0.1) is 11.8 Å². The summed E-state index contributed by atoms with van der Waals surface area (Å²) >= 11 is 1.84. The summed E-state index contributed by atoms with van der Waals surface area (Å²) < 4.78 is 0.00289. The van der Waals surface area contributed by atoms with Gasteiger partial charge in [-0.05, 0) is 12.3 Å². The summed E-state index contributed by atoms with van der Waals surface area (Å²) in [6.45, 7) is 6.49. The van der Waals surface area contributed by atoms with Crippen molar-refractivity contribution in [3.8, 4) is 6.07 Å². The van der Waals surface area contributed by atoms with Crippen LogP contribution in [-0.4, -0.2) is 10.00 Å². The highest BCUT2D eigenvalue weighted by Gasteiger charge is 2.54. The zero-order valence-corrected chi connectivity index (χ0v) is 8.24. The van der Waals surface area contributed by atoms with E-state index in [9.17, 15) is 0 Å². The number of hydrogen-bond donors (Lipinski definition) is 0. The molecule has 0 N–H and O–H groups in total. The predicted octanol–water partition coefficient (Wildman–Crippen LogP) is 2.82. The summed E-state index contributed by atoms with van der Waals surface area (Å²) in [6.07, 6.45) is 2.27. The molecule has 0 aromatic rings. The molecule has 1 aliphatic carbocycles. The van der Waals surface area contributed by atoms with Crippen molar-refractivity contribution in [2.75, 3.05) is 0 Å². The Morgan fingerprint density at radius 1 is 1.73 bits per heavy atom. The van der Waals surface area contributed by atoms with E-state index in [0.29, 0.717) is 11.2 Å². The van der Waals surface area contributed by atoms with Gasteiger partial charge in [-0.25, -0.2) is 0 Å². The lowest BCUT2D eigenvalue weighted by molar-refractivity contribution is 0.774. The summed E-state index contributed by atoms with van der Waals surface area (Å²) in [4.78, 5) is 0. The van der Waals surface area contributed by atoms with Crippen LogP contribution in [0, 0.1) is 17.2 Å². The van der Waals surface area contributed by atoms with Gasteiger partial charge < -0.3 is 0 Å². The van der Waals surface area contributed by atoms with Crippen LogP contribution in [0.2, 0.25) is 0 Å². The smallest absolute Gasteiger partial charge is 0.106 e. The van der Waals surface area contributed by atoms with Gasteiger partial charge in [0.2, 0.25) is 0 Å². The summed E-state index contributed by atoms with van der Waals surface area (Å²) in [5.74, 6) is 0.667. The van der Waals surface area contributed by atoms with Crippen molar-refractivity contribution in [2.24, 2.45) is 5.92 Å². The van der Waals surface area contributed by atoms with Crippen molar-refractivity contribution >= 4 is 11.8 Å². The van der Waals surface area contributed by atoms with E-state index in [1.165, 1.54) is 0 Å². The second-order valence-corrected chi connectivity index (χ2v) is 5.38. The molecule has 1 fully saturated rings. The number of thioether (sulfide) groups is 1. The summed E-state index contributed by atoms with van der Waals surface area (Å²) in [7, 11) is 0. The lowest BCUT2D eigenvalue weighted by Crippen LogP contribution is -2.07. The predicted molar refractivity (Wildman–Crippen MR) is 49.5 cm³/mol. The zero-order chi connectivity index (χ0) is 8.48. The van der Waals surface area contributed by atoms with Crippen LogP contribution in [0.3, 0.4) is 0 Å². The van der Waals surface area contributed by atoms with Crippen molar-refractivity contribution < 1.29 is 0 Å². The third-order valence-electron chi connectivity index (χ3n) is 2.18. The minimum atomic E-state index is 0.00289. The molecule has 0 radical (unpaired) electrons. The molecule has 0 spiro atoms. The highest BCUT2D eigenvalue weighted by atomic mass is 32.2. The zero-order valence-electron chi connectivity index (χ0n) is 7.42. The second-order valence-electron chi connectivity index (χ2n) is 3.48. The number of rotatable bonds is 3. The van der Waals surface area contributed by atoms with Crippen LogP contribution in [0.15, 0.2) is 0 Å². The molecule has 62 valence electrons. The molecular weight excluding hydrogens is 154 g/mol. The Balaban J connectivity index is 2.48. The van der Waals surface area contributed by atoms with Gasteiger partial charge in [-0.1, -0.05) is 27.2 Å². The molecule has 11 heavy (non-hydrogen) atoms. The molecule has 1 rings (SSSR count). The minimum absolute atomic E-state index is 0.00289. The largest absolute Gasteiger partial charge is 0.197 e. The van der Waals surface area contributed by atoms with Gasteiger partial charge in [-0.3, -0.25) is 0 Å².